The van der Waals surface area contributed by atoms with Crippen LogP contribution in [0.4, 0.5) is 0 Å². The van der Waals surface area contributed by atoms with Crippen molar-refractivity contribution in [2.75, 3.05) is 19.6 Å². The first kappa shape index (κ1) is 26.1. The second kappa shape index (κ2) is 19.2. The molecule has 0 radical (unpaired) electrons. The van der Waals surface area contributed by atoms with E-state index >= 15 is 0 Å². The Morgan fingerprint density at radius 2 is 0.792 bits per heavy atom. The summed E-state index contributed by atoms with van der Waals surface area (Å²) in [6.45, 7) is 8.60. The maximum atomic E-state index is 12.1. The number of rotatable bonds is 18. The van der Waals surface area contributed by atoms with Crippen LogP contribution >= 0.6 is 0 Å². The molecular formula is C21H47NO2. The molecular weight excluding hydrogens is 298 g/mol. The summed E-state index contributed by atoms with van der Waals surface area (Å²) in [6.07, 6.45) is 20.8. The third-order valence-corrected chi connectivity index (χ3v) is 5.32. The van der Waals surface area contributed by atoms with Gasteiger partial charge in [0.1, 0.15) is 0 Å². The van der Waals surface area contributed by atoms with Gasteiger partial charge in [0.15, 0.2) is 0 Å². The van der Waals surface area contributed by atoms with Crippen molar-refractivity contribution in [2.45, 2.75) is 117 Å². The molecule has 0 bridgehead atoms. The fourth-order valence-electron chi connectivity index (χ4n) is 3.31. The summed E-state index contributed by atoms with van der Waals surface area (Å²) in [4.78, 5) is 0. The minimum Gasteiger partial charge on any atom is -0.633 e. The SMILES string of the molecule is CCCCCCCCCCCCCCCCC[N+]([O-])(CC)CC.O. The number of hydroxylamine groups is 3. The Labute approximate surface area is 152 Å². The van der Waals surface area contributed by atoms with E-state index in [2.05, 4.69) is 6.92 Å². The lowest BCUT2D eigenvalue weighted by atomic mass is 10.0. The number of quaternary nitrogens is 1. The topological polar surface area (TPSA) is 54.6 Å². The van der Waals surface area contributed by atoms with Crippen molar-refractivity contribution in [1.29, 1.82) is 0 Å². The molecule has 0 amide bonds. The van der Waals surface area contributed by atoms with E-state index in [-0.39, 0.29) is 10.1 Å². The minimum absolute atomic E-state index is 0. The third-order valence-electron chi connectivity index (χ3n) is 5.32. The van der Waals surface area contributed by atoms with Crippen LogP contribution in [0.5, 0.6) is 0 Å². The molecule has 148 valence electrons. The maximum Gasteiger partial charge on any atom is 0.0783 e. The molecule has 0 aliphatic rings. The predicted octanol–water partition coefficient (Wildman–Crippen LogP) is 6.39. The van der Waals surface area contributed by atoms with Crippen molar-refractivity contribution in [2.24, 2.45) is 0 Å². The van der Waals surface area contributed by atoms with Gasteiger partial charge in [-0.2, -0.15) is 0 Å². The average molecular weight is 346 g/mol. The van der Waals surface area contributed by atoms with Crippen LogP contribution < -0.4 is 0 Å². The molecule has 0 saturated carbocycles. The standard InChI is InChI=1S/C21H45NO.H2O/c1-4-7-8-9-10-11-12-13-14-15-16-17-18-19-20-21-22(23,5-2)6-3;/h4-21H2,1-3H3;1H2. The summed E-state index contributed by atoms with van der Waals surface area (Å²) in [5.41, 5.74) is 0. The van der Waals surface area contributed by atoms with Gasteiger partial charge in [0.05, 0.1) is 19.6 Å². The first-order chi connectivity index (χ1) is 11.2. The van der Waals surface area contributed by atoms with Crippen LogP contribution in [0.25, 0.3) is 0 Å². The molecule has 0 atom stereocenters. The van der Waals surface area contributed by atoms with Crippen molar-refractivity contribution in [3.63, 3.8) is 0 Å². The third kappa shape index (κ3) is 16.7. The molecule has 3 heteroatoms. The van der Waals surface area contributed by atoms with Gasteiger partial charge >= 0.3 is 0 Å². The molecule has 0 heterocycles. The van der Waals surface area contributed by atoms with Gasteiger partial charge in [0.25, 0.3) is 0 Å². The van der Waals surface area contributed by atoms with Gasteiger partial charge in [-0.05, 0) is 26.7 Å². The van der Waals surface area contributed by atoms with Gasteiger partial charge < -0.3 is 15.3 Å². The highest BCUT2D eigenvalue weighted by atomic mass is 16.5. The molecule has 0 saturated heterocycles. The van der Waals surface area contributed by atoms with Crippen molar-refractivity contribution in [3.8, 4) is 0 Å². The zero-order valence-electron chi connectivity index (χ0n) is 17.1. The van der Waals surface area contributed by atoms with E-state index in [0.29, 0.717) is 0 Å². The fraction of sp³-hybridized carbons (Fsp3) is 1.00. The van der Waals surface area contributed by atoms with Gasteiger partial charge in [0, 0.05) is 0 Å². The Morgan fingerprint density at radius 1 is 0.500 bits per heavy atom. The predicted molar refractivity (Wildman–Crippen MR) is 108 cm³/mol. The summed E-state index contributed by atoms with van der Waals surface area (Å²) in [6, 6.07) is 0. The van der Waals surface area contributed by atoms with Crippen LogP contribution in [0, 0.1) is 5.21 Å². The molecule has 0 unspecified atom stereocenters. The highest BCUT2D eigenvalue weighted by molar-refractivity contribution is 4.50. The van der Waals surface area contributed by atoms with Crippen LogP contribution in [-0.2, 0) is 0 Å². The van der Waals surface area contributed by atoms with Crippen LogP contribution in [0.1, 0.15) is 117 Å². The van der Waals surface area contributed by atoms with Crippen molar-refractivity contribution < 1.29 is 10.1 Å². The van der Waals surface area contributed by atoms with Crippen LogP contribution in [-0.4, -0.2) is 29.8 Å². The van der Waals surface area contributed by atoms with Gasteiger partial charge in [-0.1, -0.05) is 90.4 Å². The number of nitrogens with zero attached hydrogens (tertiary/aromatic N) is 1. The monoisotopic (exact) mass is 345 g/mol. The van der Waals surface area contributed by atoms with E-state index in [4.69, 9.17) is 0 Å². The molecule has 0 aromatic rings. The lowest BCUT2D eigenvalue weighted by Gasteiger charge is -2.41. The Kier molecular flexibility index (Phi) is 20.9. The first-order valence-corrected chi connectivity index (χ1v) is 10.8. The number of hydrogen-bond acceptors (Lipinski definition) is 1. The molecule has 0 aliphatic carbocycles. The van der Waals surface area contributed by atoms with Crippen LogP contribution in [0.3, 0.4) is 0 Å². The Hall–Kier alpha value is -0.120. The van der Waals surface area contributed by atoms with Crippen molar-refractivity contribution >= 4 is 0 Å². The van der Waals surface area contributed by atoms with Gasteiger partial charge in [-0.25, -0.2) is 0 Å². The Bertz CT molecular complexity index is 230. The molecule has 0 aromatic heterocycles. The lowest BCUT2D eigenvalue weighted by molar-refractivity contribution is -0.877. The summed E-state index contributed by atoms with van der Waals surface area (Å²) in [7, 11) is 0. The van der Waals surface area contributed by atoms with E-state index < -0.39 is 0 Å². The average Bonchev–Trinajstić information content (AvgIpc) is 2.58. The lowest BCUT2D eigenvalue weighted by Crippen LogP contribution is -2.42. The highest BCUT2D eigenvalue weighted by Gasteiger charge is 2.09. The Morgan fingerprint density at radius 3 is 1.08 bits per heavy atom. The summed E-state index contributed by atoms with van der Waals surface area (Å²) in [5, 5.41) is 12.1. The van der Waals surface area contributed by atoms with Crippen molar-refractivity contribution in [3.05, 3.63) is 5.21 Å². The van der Waals surface area contributed by atoms with Gasteiger partial charge in [0.2, 0.25) is 0 Å². The summed E-state index contributed by atoms with van der Waals surface area (Å²) >= 11 is 0. The zero-order chi connectivity index (χ0) is 17.2. The van der Waals surface area contributed by atoms with Crippen molar-refractivity contribution in [1.82, 2.24) is 0 Å². The minimum atomic E-state index is 0. The highest BCUT2D eigenvalue weighted by Crippen LogP contribution is 2.14. The molecule has 0 spiro atoms. The summed E-state index contributed by atoms with van der Waals surface area (Å²) in [5.74, 6) is 0. The largest absolute Gasteiger partial charge is 0.633 e. The number of unbranched alkanes of at least 4 members (excludes halogenated alkanes) is 14. The molecule has 24 heavy (non-hydrogen) atoms. The van der Waals surface area contributed by atoms with Gasteiger partial charge in [-0.15, -0.1) is 0 Å². The molecule has 0 aliphatic heterocycles. The van der Waals surface area contributed by atoms with E-state index in [9.17, 15) is 5.21 Å². The molecule has 2 N–H and O–H groups in total. The number of hydrogen-bond donors (Lipinski definition) is 0. The van der Waals surface area contributed by atoms with E-state index in [0.717, 1.165) is 26.1 Å². The fourth-order valence-corrected chi connectivity index (χ4v) is 3.31. The normalized spacial score (nSPS) is 11.5. The molecule has 0 fully saturated rings. The smallest absolute Gasteiger partial charge is 0.0783 e. The first-order valence-electron chi connectivity index (χ1n) is 10.8. The quantitative estimate of drug-likeness (QED) is 0.161. The molecule has 0 aromatic carbocycles. The van der Waals surface area contributed by atoms with Crippen LogP contribution in [0.2, 0.25) is 0 Å². The second-order valence-corrected chi connectivity index (χ2v) is 7.36. The zero-order valence-corrected chi connectivity index (χ0v) is 17.1. The van der Waals surface area contributed by atoms with Crippen LogP contribution in [0.15, 0.2) is 0 Å². The summed E-state index contributed by atoms with van der Waals surface area (Å²) < 4.78 is 0.0123. The van der Waals surface area contributed by atoms with E-state index in [1.807, 2.05) is 13.8 Å². The molecule has 3 nitrogen and oxygen atoms in total. The van der Waals surface area contributed by atoms with E-state index in [1.54, 1.807) is 0 Å². The maximum absolute atomic E-state index is 12.1. The van der Waals surface area contributed by atoms with E-state index in [1.165, 1.54) is 89.9 Å². The Balaban J connectivity index is 0. The second-order valence-electron chi connectivity index (χ2n) is 7.36. The van der Waals surface area contributed by atoms with Gasteiger partial charge in [-0.3, -0.25) is 0 Å². The molecule has 0 rings (SSSR count).